The Morgan fingerprint density at radius 1 is 0.917 bits per heavy atom. The van der Waals surface area contributed by atoms with E-state index >= 15 is 0 Å². The van der Waals surface area contributed by atoms with Crippen LogP contribution in [0.15, 0.2) is 42.5 Å². The molecule has 1 heterocycles. The number of ether oxygens (including phenoxy) is 2. The molecule has 0 spiro atoms. The largest absolute Gasteiger partial charge is 0.454 e. The van der Waals surface area contributed by atoms with Gasteiger partial charge in [-0.3, -0.25) is 4.79 Å². The highest BCUT2D eigenvalue weighted by Gasteiger charge is 2.17. The first-order chi connectivity index (χ1) is 11.8. The van der Waals surface area contributed by atoms with Crippen LogP contribution < -0.4 is 20.1 Å². The average molecular weight is 324 g/mol. The topological polar surface area (TPSA) is 59.6 Å². The fourth-order valence-electron chi connectivity index (χ4n) is 3.20. The van der Waals surface area contributed by atoms with E-state index < -0.39 is 0 Å². The molecule has 2 aromatic carbocycles. The van der Waals surface area contributed by atoms with Gasteiger partial charge in [-0.15, -0.1) is 0 Å². The number of anilines is 2. The Labute approximate surface area is 141 Å². The molecule has 0 atom stereocenters. The molecule has 2 N–H and O–H groups in total. The van der Waals surface area contributed by atoms with Gasteiger partial charge in [-0.25, -0.2) is 0 Å². The summed E-state index contributed by atoms with van der Waals surface area (Å²) in [6.07, 6.45) is 5.09. The average Bonchev–Trinajstić information content (AvgIpc) is 3.27. The molecule has 24 heavy (non-hydrogen) atoms. The maximum absolute atomic E-state index is 12.4. The summed E-state index contributed by atoms with van der Waals surface area (Å²) in [7, 11) is 0. The first-order valence-corrected chi connectivity index (χ1v) is 8.35. The molecule has 4 rings (SSSR count). The molecule has 0 radical (unpaired) electrons. The van der Waals surface area contributed by atoms with Gasteiger partial charge in [0.1, 0.15) is 0 Å². The van der Waals surface area contributed by atoms with Gasteiger partial charge in [-0.2, -0.15) is 0 Å². The minimum Gasteiger partial charge on any atom is -0.454 e. The molecule has 1 aliphatic carbocycles. The van der Waals surface area contributed by atoms with E-state index in [2.05, 4.69) is 10.6 Å². The van der Waals surface area contributed by atoms with E-state index in [1.54, 1.807) is 18.2 Å². The lowest BCUT2D eigenvalue weighted by Gasteiger charge is -2.14. The normalized spacial score (nSPS) is 16.2. The maximum Gasteiger partial charge on any atom is 0.255 e. The molecule has 1 fully saturated rings. The first-order valence-electron chi connectivity index (χ1n) is 8.35. The third kappa shape index (κ3) is 3.15. The van der Waals surface area contributed by atoms with Crippen LogP contribution in [-0.4, -0.2) is 18.7 Å². The molecule has 1 aliphatic heterocycles. The highest BCUT2D eigenvalue weighted by molar-refractivity contribution is 6.04. The van der Waals surface area contributed by atoms with Crippen LogP contribution in [0.25, 0.3) is 0 Å². The summed E-state index contributed by atoms with van der Waals surface area (Å²) in [5.74, 6) is 1.12. The lowest BCUT2D eigenvalue weighted by Crippen LogP contribution is -2.14. The standard InChI is InChI=1S/C19H20N2O3/c22-19(13-5-10-17-18(11-13)24-12-23-17)21-16-8-6-15(7-9-16)20-14-3-1-2-4-14/h5-11,14,20H,1-4,12H2,(H,21,22). The Morgan fingerprint density at radius 2 is 1.62 bits per heavy atom. The Morgan fingerprint density at radius 3 is 2.42 bits per heavy atom. The number of benzene rings is 2. The van der Waals surface area contributed by atoms with Crippen molar-refractivity contribution in [1.82, 2.24) is 0 Å². The van der Waals surface area contributed by atoms with Gasteiger partial charge in [-0.05, 0) is 55.3 Å². The van der Waals surface area contributed by atoms with Crippen molar-refractivity contribution in [2.45, 2.75) is 31.7 Å². The first kappa shape index (κ1) is 14.9. The van der Waals surface area contributed by atoms with Crippen LogP contribution >= 0.6 is 0 Å². The number of carbonyl (C=O) groups is 1. The Bertz CT molecular complexity index is 737. The van der Waals surface area contributed by atoms with Gasteiger partial charge in [-0.1, -0.05) is 12.8 Å². The molecular formula is C19H20N2O3. The van der Waals surface area contributed by atoms with Gasteiger partial charge in [0.25, 0.3) is 5.91 Å². The van der Waals surface area contributed by atoms with E-state index in [0.29, 0.717) is 23.1 Å². The maximum atomic E-state index is 12.4. The number of carbonyl (C=O) groups excluding carboxylic acids is 1. The second-order valence-corrected chi connectivity index (χ2v) is 6.23. The monoisotopic (exact) mass is 324 g/mol. The molecular weight excluding hydrogens is 304 g/mol. The third-order valence-electron chi connectivity index (χ3n) is 4.50. The summed E-state index contributed by atoms with van der Waals surface area (Å²) in [6.45, 7) is 0.204. The van der Waals surface area contributed by atoms with Gasteiger partial charge in [0.05, 0.1) is 0 Å². The van der Waals surface area contributed by atoms with E-state index in [-0.39, 0.29) is 12.7 Å². The van der Waals surface area contributed by atoms with E-state index in [9.17, 15) is 4.79 Å². The molecule has 0 bridgehead atoms. The second kappa shape index (κ2) is 6.43. The lowest BCUT2D eigenvalue weighted by molar-refractivity contribution is 0.102. The number of fused-ring (bicyclic) bond motifs is 1. The van der Waals surface area contributed by atoms with Crippen LogP contribution in [0.4, 0.5) is 11.4 Å². The van der Waals surface area contributed by atoms with Gasteiger partial charge in [0.2, 0.25) is 6.79 Å². The quantitative estimate of drug-likeness (QED) is 0.892. The third-order valence-corrected chi connectivity index (χ3v) is 4.50. The molecule has 2 aromatic rings. The van der Waals surface area contributed by atoms with Crippen LogP contribution in [-0.2, 0) is 0 Å². The molecule has 2 aliphatic rings. The number of hydrogen-bond donors (Lipinski definition) is 2. The summed E-state index contributed by atoms with van der Waals surface area (Å²) < 4.78 is 10.6. The molecule has 124 valence electrons. The molecule has 1 amide bonds. The van der Waals surface area contributed by atoms with Crippen LogP contribution in [0.2, 0.25) is 0 Å². The van der Waals surface area contributed by atoms with Gasteiger partial charge >= 0.3 is 0 Å². The minimum absolute atomic E-state index is 0.162. The number of nitrogens with one attached hydrogen (secondary N) is 2. The fraction of sp³-hybridized carbons (Fsp3) is 0.316. The molecule has 5 nitrogen and oxygen atoms in total. The summed E-state index contributed by atoms with van der Waals surface area (Å²) in [5.41, 5.74) is 2.42. The highest BCUT2D eigenvalue weighted by atomic mass is 16.7. The van der Waals surface area contributed by atoms with Crippen LogP contribution in [0.1, 0.15) is 36.0 Å². The fourth-order valence-corrected chi connectivity index (χ4v) is 3.20. The van der Waals surface area contributed by atoms with Crippen LogP contribution in [0, 0.1) is 0 Å². The van der Waals surface area contributed by atoms with Crippen molar-refractivity contribution >= 4 is 17.3 Å². The summed E-state index contributed by atoms with van der Waals surface area (Å²) in [5, 5.41) is 6.45. The van der Waals surface area contributed by atoms with Crippen molar-refractivity contribution in [3.8, 4) is 11.5 Å². The molecule has 0 saturated heterocycles. The van der Waals surface area contributed by atoms with Crippen molar-refractivity contribution in [2.24, 2.45) is 0 Å². The highest BCUT2D eigenvalue weighted by Crippen LogP contribution is 2.32. The summed E-state index contributed by atoms with van der Waals surface area (Å²) >= 11 is 0. The van der Waals surface area contributed by atoms with E-state index in [0.717, 1.165) is 11.4 Å². The van der Waals surface area contributed by atoms with E-state index in [1.165, 1.54) is 25.7 Å². The summed E-state index contributed by atoms with van der Waals surface area (Å²) in [6, 6.07) is 13.6. The smallest absolute Gasteiger partial charge is 0.255 e. The molecule has 0 aromatic heterocycles. The Hall–Kier alpha value is -2.69. The van der Waals surface area contributed by atoms with Crippen molar-refractivity contribution in [2.75, 3.05) is 17.4 Å². The number of amides is 1. The number of hydrogen-bond acceptors (Lipinski definition) is 4. The zero-order valence-electron chi connectivity index (χ0n) is 13.4. The Kier molecular flexibility index (Phi) is 3.99. The van der Waals surface area contributed by atoms with Crippen LogP contribution in [0.3, 0.4) is 0 Å². The minimum atomic E-state index is -0.162. The van der Waals surface area contributed by atoms with E-state index in [4.69, 9.17) is 9.47 Å². The molecule has 1 saturated carbocycles. The van der Waals surface area contributed by atoms with Crippen molar-refractivity contribution in [3.05, 3.63) is 48.0 Å². The van der Waals surface area contributed by atoms with Crippen molar-refractivity contribution < 1.29 is 14.3 Å². The van der Waals surface area contributed by atoms with Gasteiger partial charge in [0.15, 0.2) is 11.5 Å². The number of rotatable bonds is 4. The van der Waals surface area contributed by atoms with Crippen LogP contribution in [0.5, 0.6) is 11.5 Å². The molecule has 5 heteroatoms. The van der Waals surface area contributed by atoms with Gasteiger partial charge < -0.3 is 20.1 Å². The zero-order valence-corrected chi connectivity index (χ0v) is 13.4. The summed E-state index contributed by atoms with van der Waals surface area (Å²) in [4.78, 5) is 12.4. The SMILES string of the molecule is O=C(Nc1ccc(NC2CCCC2)cc1)c1ccc2c(c1)OCO2. The van der Waals surface area contributed by atoms with Crippen molar-refractivity contribution in [3.63, 3.8) is 0 Å². The molecule has 0 unspecified atom stereocenters. The van der Waals surface area contributed by atoms with Crippen molar-refractivity contribution in [1.29, 1.82) is 0 Å². The Balaban J connectivity index is 1.40. The zero-order chi connectivity index (χ0) is 16.4. The van der Waals surface area contributed by atoms with Gasteiger partial charge in [0, 0.05) is 23.0 Å². The second-order valence-electron chi connectivity index (χ2n) is 6.23. The van der Waals surface area contributed by atoms with E-state index in [1.807, 2.05) is 24.3 Å². The predicted molar refractivity (Wildman–Crippen MR) is 92.8 cm³/mol. The lowest BCUT2D eigenvalue weighted by atomic mass is 10.1. The predicted octanol–water partition coefficient (Wildman–Crippen LogP) is 4.02.